The normalized spacial score (nSPS) is 14.2. The summed E-state index contributed by atoms with van der Waals surface area (Å²) in [5, 5.41) is 8.49. The molecule has 0 radical (unpaired) electrons. The third kappa shape index (κ3) is 5.71. The van der Waals surface area contributed by atoms with Crippen LogP contribution < -0.4 is 26.6 Å². The Labute approximate surface area is 194 Å². The molecule has 2 aromatic heterocycles. The molecule has 176 valence electrons. The zero-order valence-corrected chi connectivity index (χ0v) is 20.3. The van der Waals surface area contributed by atoms with E-state index in [9.17, 15) is 14.4 Å². The van der Waals surface area contributed by atoms with E-state index < -0.39 is 11.2 Å². The van der Waals surface area contributed by atoms with E-state index in [4.69, 9.17) is 10.5 Å². The number of carbonyl (C=O) groups excluding carboxylic acids is 1. The Hall–Kier alpha value is -2.34. The fraction of sp³-hybridized carbons (Fsp3) is 0.650. The van der Waals surface area contributed by atoms with E-state index in [2.05, 4.69) is 15.2 Å². The highest BCUT2D eigenvalue weighted by Crippen LogP contribution is 2.32. The number of thioether (sulfide) groups is 1. The van der Waals surface area contributed by atoms with Crippen LogP contribution >= 0.6 is 23.1 Å². The van der Waals surface area contributed by atoms with Gasteiger partial charge in [-0.15, -0.1) is 5.10 Å². The molecule has 1 saturated carbocycles. The smallest absolute Gasteiger partial charge is 0.330 e. The molecule has 2 heterocycles. The number of aromatic amines is 1. The molecule has 0 unspecified atom stereocenters. The fourth-order valence-corrected chi connectivity index (χ4v) is 5.38. The lowest BCUT2D eigenvalue weighted by atomic mass is 10.2. The third-order valence-corrected chi connectivity index (χ3v) is 7.12. The van der Waals surface area contributed by atoms with Gasteiger partial charge < -0.3 is 15.4 Å². The number of hydrogen-bond acceptors (Lipinski definition) is 9. The van der Waals surface area contributed by atoms with Crippen molar-refractivity contribution in [3.63, 3.8) is 0 Å². The molecule has 0 atom stereocenters. The van der Waals surface area contributed by atoms with Gasteiger partial charge in [-0.1, -0.05) is 43.0 Å². The van der Waals surface area contributed by atoms with Crippen LogP contribution in [0.15, 0.2) is 13.9 Å². The Morgan fingerprint density at radius 3 is 2.72 bits per heavy atom. The van der Waals surface area contributed by atoms with Crippen molar-refractivity contribution in [2.75, 3.05) is 16.4 Å². The van der Waals surface area contributed by atoms with Gasteiger partial charge in [0.15, 0.2) is 10.0 Å². The third-order valence-electron chi connectivity index (χ3n) is 5.19. The standard InChI is InChI=1S/C20H30N6O4S2/c1-4-5-10-25-16(21)15(17(28)22-18(25)29)26(13-8-6-7-9-13)14(27)11-31-20-24-23-19(32-20)30-12(2)3/h12-13H,4-11,21H2,1-3H3,(H,22,28,29). The maximum Gasteiger partial charge on any atom is 0.330 e. The molecule has 1 aliphatic rings. The zero-order valence-electron chi connectivity index (χ0n) is 18.6. The Morgan fingerprint density at radius 2 is 2.06 bits per heavy atom. The average molecular weight is 483 g/mol. The number of unbranched alkanes of at least 4 members (excludes halogenated alkanes) is 1. The highest BCUT2D eigenvalue weighted by Gasteiger charge is 2.32. The summed E-state index contributed by atoms with van der Waals surface area (Å²) in [4.78, 5) is 42.3. The van der Waals surface area contributed by atoms with Gasteiger partial charge >= 0.3 is 5.69 Å². The van der Waals surface area contributed by atoms with Gasteiger partial charge in [0.05, 0.1) is 11.9 Å². The van der Waals surface area contributed by atoms with Gasteiger partial charge in [-0.3, -0.25) is 19.1 Å². The average Bonchev–Trinajstić information content (AvgIpc) is 3.41. The minimum Gasteiger partial charge on any atom is -0.466 e. The lowest BCUT2D eigenvalue weighted by molar-refractivity contribution is -0.116. The summed E-state index contributed by atoms with van der Waals surface area (Å²) in [7, 11) is 0. The second-order valence-electron chi connectivity index (χ2n) is 7.99. The van der Waals surface area contributed by atoms with Gasteiger partial charge in [-0.25, -0.2) is 4.79 Å². The number of nitrogens with two attached hydrogens (primary N) is 1. The SMILES string of the molecule is CCCCn1c(N)c(N(C(=O)CSc2nnc(OC(C)C)s2)C2CCCC2)c(=O)[nH]c1=O. The van der Waals surface area contributed by atoms with Crippen molar-refractivity contribution >= 4 is 40.5 Å². The number of ether oxygens (including phenoxy) is 1. The molecule has 0 bridgehead atoms. The van der Waals surface area contributed by atoms with Crippen molar-refractivity contribution in [3.8, 4) is 5.19 Å². The van der Waals surface area contributed by atoms with Crippen molar-refractivity contribution in [1.82, 2.24) is 19.7 Å². The zero-order chi connectivity index (χ0) is 23.3. The summed E-state index contributed by atoms with van der Waals surface area (Å²) in [5.74, 6) is -0.137. The van der Waals surface area contributed by atoms with Crippen LogP contribution in [0.3, 0.4) is 0 Å². The van der Waals surface area contributed by atoms with Gasteiger partial charge in [0, 0.05) is 12.6 Å². The summed E-state index contributed by atoms with van der Waals surface area (Å²) in [6.07, 6.45) is 5.11. The molecule has 0 aliphatic heterocycles. The first-order chi connectivity index (χ1) is 15.3. The van der Waals surface area contributed by atoms with Gasteiger partial charge in [0.25, 0.3) is 10.8 Å². The highest BCUT2D eigenvalue weighted by molar-refractivity contribution is 8.01. The van der Waals surface area contributed by atoms with Gasteiger partial charge in [0.2, 0.25) is 5.91 Å². The van der Waals surface area contributed by atoms with Crippen LogP contribution in [0.4, 0.5) is 11.5 Å². The molecule has 1 amide bonds. The van der Waals surface area contributed by atoms with Crippen LogP contribution in [0, 0.1) is 0 Å². The van der Waals surface area contributed by atoms with Crippen LogP contribution in [0.2, 0.25) is 0 Å². The Balaban J connectivity index is 1.87. The van der Waals surface area contributed by atoms with Gasteiger partial charge in [-0.05, 0) is 44.4 Å². The first kappa shape index (κ1) is 24.3. The minimum atomic E-state index is -0.631. The lowest BCUT2D eigenvalue weighted by Crippen LogP contribution is -2.46. The van der Waals surface area contributed by atoms with E-state index >= 15 is 0 Å². The number of aromatic nitrogens is 4. The number of hydrogen-bond donors (Lipinski definition) is 2. The predicted molar refractivity (Wildman–Crippen MR) is 127 cm³/mol. The molecule has 3 rings (SSSR count). The number of carbonyl (C=O) groups is 1. The van der Waals surface area contributed by atoms with Gasteiger partial charge in [0.1, 0.15) is 5.82 Å². The number of rotatable bonds is 10. The predicted octanol–water partition coefficient (Wildman–Crippen LogP) is 2.63. The number of H-pyrrole nitrogens is 1. The van der Waals surface area contributed by atoms with Crippen LogP contribution in [0.25, 0.3) is 0 Å². The molecule has 0 spiro atoms. The summed E-state index contributed by atoms with van der Waals surface area (Å²) in [6, 6.07) is -0.127. The van der Waals surface area contributed by atoms with E-state index in [0.29, 0.717) is 16.1 Å². The maximum atomic E-state index is 13.3. The highest BCUT2D eigenvalue weighted by atomic mass is 32.2. The monoisotopic (exact) mass is 482 g/mol. The van der Waals surface area contributed by atoms with Crippen LogP contribution in [0.1, 0.15) is 59.3 Å². The van der Waals surface area contributed by atoms with Crippen molar-refractivity contribution in [2.45, 2.75) is 82.3 Å². The molecular weight excluding hydrogens is 452 g/mol. The number of nitrogen functional groups attached to an aromatic ring is 1. The van der Waals surface area contributed by atoms with Crippen molar-refractivity contribution in [3.05, 3.63) is 20.8 Å². The van der Waals surface area contributed by atoms with E-state index in [1.807, 2.05) is 20.8 Å². The van der Waals surface area contributed by atoms with Crippen LogP contribution in [-0.2, 0) is 11.3 Å². The summed E-state index contributed by atoms with van der Waals surface area (Å²) < 4.78 is 7.49. The van der Waals surface area contributed by atoms with Crippen molar-refractivity contribution in [1.29, 1.82) is 0 Å². The summed E-state index contributed by atoms with van der Waals surface area (Å²) >= 11 is 2.52. The first-order valence-corrected chi connectivity index (χ1v) is 12.7. The number of anilines is 2. The Bertz CT molecular complexity index is 1040. The molecule has 3 N–H and O–H groups in total. The van der Waals surface area contributed by atoms with E-state index in [1.54, 1.807) is 0 Å². The van der Waals surface area contributed by atoms with Crippen LogP contribution in [0.5, 0.6) is 5.19 Å². The first-order valence-electron chi connectivity index (χ1n) is 10.9. The molecule has 1 fully saturated rings. The van der Waals surface area contributed by atoms with Crippen molar-refractivity contribution < 1.29 is 9.53 Å². The molecule has 12 heteroatoms. The Kier molecular flexibility index (Phi) is 8.35. The second-order valence-corrected chi connectivity index (χ2v) is 10.2. The van der Waals surface area contributed by atoms with Crippen molar-refractivity contribution in [2.24, 2.45) is 0 Å². The molecular formula is C20H30N6O4S2. The number of nitrogens with zero attached hydrogens (tertiary/aromatic N) is 4. The van der Waals surface area contributed by atoms with Gasteiger partial charge in [-0.2, -0.15) is 0 Å². The van der Waals surface area contributed by atoms with E-state index in [1.165, 1.54) is 32.6 Å². The second kappa shape index (κ2) is 11.0. The van der Waals surface area contributed by atoms with E-state index in [0.717, 1.165) is 38.5 Å². The molecule has 1 aliphatic carbocycles. The quantitative estimate of drug-likeness (QED) is 0.493. The molecule has 32 heavy (non-hydrogen) atoms. The van der Waals surface area contributed by atoms with Crippen LogP contribution in [-0.4, -0.2) is 43.6 Å². The molecule has 2 aromatic rings. The molecule has 10 nitrogen and oxygen atoms in total. The topological polar surface area (TPSA) is 136 Å². The summed E-state index contributed by atoms with van der Waals surface area (Å²) in [5.41, 5.74) is 5.18. The maximum absolute atomic E-state index is 13.3. The molecule has 0 aromatic carbocycles. The largest absolute Gasteiger partial charge is 0.466 e. The lowest BCUT2D eigenvalue weighted by Gasteiger charge is -2.29. The molecule has 0 saturated heterocycles. The fourth-order valence-electron chi connectivity index (χ4n) is 3.72. The minimum absolute atomic E-state index is 0.0154. The Morgan fingerprint density at radius 1 is 1.34 bits per heavy atom. The van der Waals surface area contributed by atoms with E-state index in [-0.39, 0.29) is 35.3 Å². The summed E-state index contributed by atoms with van der Waals surface area (Å²) in [6.45, 7) is 6.19. The number of amides is 1. The number of nitrogens with one attached hydrogen (secondary N) is 1.